The summed E-state index contributed by atoms with van der Waals surface area (Å²) in [5.74, 6) is 0.270. The molecule has 1 amide bonds. The molecule has 2 unspecified atom stereocenters. The second kappa shape index (κ2) is 5.09. The van der Waals surface area contributed by atoms with E-state index in [4.69, 9.17) is 15.3 Å². The third-order valence-corrected chi connectivity index (χ3v) is 2.23. The van der Waals surface area contributed by atoms with E-state index in [1.54, 1.807) is 20.8 Å². The fourth-order valence-corrected chi connectivity index (χ4v) is 1.20. The number of carbonyl (C=O) groups excluding carboxylic acids is 1. The summed E-state index contributed by atoms with van der Waals surface area (Å²) in [5, 5.41) is 11.7. The Labute approximate surface area is 93.8 Å². The standard InChI is InChI=1S/C10H17N3O3/c1-5-9(16-7(3)13-5)10(15)12-4-8(11)6(2)14/h6,8,14H,4,11H2,1-3H3,(H,12,15). The number of aliphatic hydroxyl groups is 1. The molecule has 0 bridgehead atoms. The molecule has 4 N–H and O–H groups in total. The molecule has 1 aromatic rings. The lowest BCUT2D eigenvalue weighted by Gasteiger charge is -2.14. The molecule has 0 saturated heterocycles. The van der Waals surface area contributed by atoms with E-state index in [0.29, 0.717) is 11.6 Å². The average molecular weight is 227 g/mol. The van der Waals surface area contributed by atoms with Crippen LogP contribution in [0.15, 0.2) is 4.42 Å². The van der Waals surface area contributed by atoms with Crippen LogP contribution in [0, 0.1) is 13.8 Å². The van der Waals surface area contributed by atoms with E-state index in [2.05, 4.69) is 10.3 Å². The maximum atomic E-state index is 11.6. The molecule has 1 rings (SSSR count). The van der Waals surface area contributed by atoms with Crippen LogP contribution in [0.5, 0.6) is 0 Å². The van der Waals surface area contributed by atoms with E-state index in [1.807, 2.05) is 0 Å². The maximum Gasteiger partial charge on any atom is 0.289 e. The summed E-state index contributed by atoms with van der Waals surface area (Å²) in [4.78, 5) is 15.6. The van der Waals surface area contributed by atoms with E-state index in [1.165, 1.54) is 0 Å². The van der Waals surface area contributed by atoms with E-state index < -0.39 is 12.1 Å². The largest absolute Gasteiger partial charge is 0.436 e. The van der Waals surface area contributed by atoms with Crippen LogP contribution in [-0.4, -0.2) is 34.7 Å². The van der Waals surface area contributed by atoms with Crippen molar-refractivity contribution in [3.63, 3.8) is 0 Å². The van der Waals surface area contributed by atoms with E-state index in [0.717, 1.165) is 0 Å². The lowest BCUT2D eigenvalue weighted by atomic mass is 10.2. The van der Waals surface area contributed by atoms with Crippen molar-refractivity contribution in [3.8, 4) is 0 Å². The average Bonchev–Trinajstić information content (AvgIpc) is 2.53. The molecule has 0 fully saturated rings. The first-order valence-corrected chi connectivity index (χ1v) is 5.07. The lowest BCUT2D eigenvalue weighted by Crippen LogP contribution is -2.43. The smallest absolute Gasteiger partial charge is 0.289 e. The number of nitrogens with one attached hydrogen (secondary N) is 1. The Kier molecular flexibility index (Phi) is 4.03. The van der Waals surface area contributed by atoms with Crippen molar-refractivity contribution in [1.29, 1.82) is 0 Å². The van der Waals surface area contributed by atoms with Gasteiger partial charge >= 0.3 is 0 Å². The van der Waals surface area contributed by atoms with Crippen molar-refractivity contribution < 1.29 is 14.3 Å². The highest BCUT2D eigenvalue weighted by atomic mass is 16.4. The van der Waals surface area contributed by atoms with Crippen LogP contribution in [0.4, 0.5) is 0 Å². The van der Waals surface area contributed by atoms with Gasteiger partial charge in [0.05, 0.1) is 11.8 Å². The molecule has 16 heavy (non-hydrogen) atoms. The third kappa shape index (κ3) is 3.04. The minimum atomic E-state index is -0.669. The Hall–Kier alpha value is -1.40. The van der Waals surface area contributed by atoms with Gasteiger partial charge in [0.25, 0.3) is 5.91 Å². The zero-order valence-corrected chi connectivity index (χ0v) is 9.65. The summed E-state index contributed by atoms with van der Waals surface area (Å²) in [6.07, 6.45) is -0.669. The quantitative estimate of drug-likeness (QED) is 0.657. The van der Waals surface area contributed by atoms with Gasteiger partial charge in [0, 0.05) is 19.5 Å². The monoisotopic (exact) mass is 227 g/mol. The fourth-order valence-electron chi connectivity index (χ4n) is 1.20. The second-order valence-corrected chi connectivity index (χ2v) is 3.76. The van der Waals surface area contributed by atoms with Gasteiger partial charge in [-0.1, -0.05) is 0 Å². The predicted molar refractivity (Wildman–Crippen MR) is 58.0 cm³/mol. The number of carbonyl (C=O) groups is 1. The van der Waals surface area contributed by atoms with Crippen molar-refractivity contribution in [1.82, 2.24) is 10.3 Å². The Morgan fingerprint density at radius 3 is 2.69 bits per heavy atom. The highest BCUT2D eigenvalue weighted by molar-refractivity contribution is 5.92. The Balaban J connectivity index is 2.56. The molecule has 0 aliphatic rings. The molecular formula is C10H17N3O3. The zero-order valence-electron chi connectivity index (χ0n) is 9.65. The molecule has 0 aromatic carbocycles. The summed E-state index contributed by atoms with van der Waals surface area (Å²) in [7, 11) is 0. The van der Waals surface area contributed by atoms with Gasteiger partial charge < -0.3 is 20.6 Å². The van der Waals surface area contributed by atoms with Gasteiger partial charge in [0.15, 0.2) is 5.89 Å². The molecule has 6 heteroatoms. The number of aryl methyl sites for hydroxylation is 2. The molecule has 0 spiro atoms. The normalized spacial score (nSPS) is 14.6. The van der Waals surface area contributed by atoms with Gasteiger partial charge in [0.2, 0.25) is 5.76 Å². The third-order valence-electron chi connectivity index (χ3n) is 2.23. The zero-order chi connectivity index (χ0) is 12.3. The summed E-state index contributed by atoms with van der Waals surface area (Å²) in [6.45, 7) is 5.13. The van der Waals surface area contributed by atoms with Gasteiger partial charge in [-0.2, -0.15) is 0 Å². The van der Waals surface area contributed by atoms with Crippen molar-refractivity contribution in [2.24, 2.45) is 5.73 Å². The molecule has 1 aromatic heterocycles. The second-order valence-electron chi connectivity index (χ2n) is 3.76. The number of hydrogen-bond donors (Lipinski definition) is 3. The highest BCUT2D eigenvalue weighted by Gasteiger charge is 2.17. The van der Waals surface area contributed by atoms with Gasteiger partial charge in [-0.15, -0.1) is 0 Å². The molecule has 0 aliphatic carbocycles. The molecule has 2 atom stereocenters. The van der Waals surface area contributed by atoms with Crippen molar-refractivity contribution in [3.05, 3.63) is 17.3 Å². The van der Waals surface area contributed by atoms with Crippen LogP contribution in [0.1, 0.15) is 29.1 Å². The number of nitrogens with two attached hydrogens (primary N) is 1. The summed E-state index contributed by atoms with van der Waals surface area (Å²) in [5.41, 5.74) is 6.12. The number of aliphatic hydroxyl groups excluding tert-OH is 1. The van der Waals surface area contributed by atoms with Gasteiger partial charge in [-0.05, 0) is 13.8 Å². The number of hydrogen-bond acceptors (Lipinski definition) is 5. The first-order chi connectivity index (χ1) is 7.41. The topological polar surface area (TPSA) is 101 Å². The molecule has 0 aliphatic heterocycles. The van der Waals surface area contributed by atoms with Crippen LogP contribution in [-0.2, 0) is 0 Å². The number of aromatic nitrogens is 1. The van der Waals surface area contributed by atoms with E-state index >= 15 is 0 Å². The number of oxazole rings is 1. The summed E-state index contributed by atoms with van der Waals surface area (Å²) < 4.78 is 5.14. The number of nitrogens with zero attached hydrogens (tertiary/aromatic N) is 1. The van der Waals surface area contributed by atoms with Gasteiger partial charge in [-0.3, -0.25) is 4.79 Å². The number of amides is 1. The maximum absolute atomic E-state index is 11.6. The SMILES string of the molecule is Cc1nc(C)c(C(=O)NCC(N)C(C)O)o1. The van der Waals surface area contributed by atoms with Crippen LogP contribution >= 0.6 is 0 Å². The Morgan fingerprint density at radius 1 is 1.62 bits per heavy atom. The van der Waals surface area contributed by atoms with Crippen molar-refractivity contribution in [2.75, 3.05) is 6.54 Å². The fraction of sp³-hybridized carbons (Fsp3) is 0.600. The van der Waals surface area contributed by atoms with Crippen molar-refractivity contribution >= 4 is 5.91 Å². The number of rotatable bonds is 4. The van der Waals surface area contributed by atoms with Gasteiger partial charge in [-0.25, -0.2) is 4.98 Å². The minimum Gasteiger partial charge on any atom is -0.436 e. The minimum absolute atomic E-state index is 0.190. The summed E-state index contributed by atoms with van der Waals surface area (Å²) in [6, 6.07) is -0.492. The molecule has 1 heterocycles. The first-order valence-electron chi connectivity index (χ1n) is 5.07. The van der Waals surface area contributed by atoms with Gasteiger partial charge in [0.1, 0.15) is 0 Å². The highest BCUT2D eigenvalue weighted by Crippen LogP contribution is 2.08. The van der Waals surface area contributed by atoms with Crippen LogP contribution in [0.2, 0.25) is 0 Å². The van der Waals surface area contributed by atoms with E-state index in [-0.39, 0.29) is 18.2 Å². The Bertz CT molecular complexity index is 373. The predicted octanol–water partition coefficient (Wildman–Crippen LogP) is -0.271. The molecule has 0 saturated carbocycles. The lowest BCUT2D eigenvalue weighted by molar-refractivity contribution is 0.0908. The first kappa shape index (κ1) is 12.7. The van der Waals surface area contributed by atoms with Crippen molar-refractivity contribution in [2.45, 2.75) is 32.9 Å². The summed E-state index contributed by atoms with van der Waals surface area (Å²) >= 11 is 0. The van der Waals surface area contributed by atoms with Crippen LogP contribution in [0.3, 0.4) is 0 Å². The van der Waals surface area contributed by atoms with Crippen LogP contribution in [0.25, 0.3) is 0 Å². The van der Waals surface area contributed by atoms with E-state index in [9.17, 15) is 4.79 Å². The molecule has 6 nitrogen and oxygen atoms in total. The Morgan fingerprint density at radius 2 is 2.25 bits per heavy atom. The molecule has 90 valence electrons. The molecule has 0 radical (unpaired) electrons. The molecular weight excluding hydrogens is 210 g/mol. The van der Waals surface area contributed by atoms with Crippen LogP contribution < -0.4 is 11.1 Å².